The molecule has 2 bridgehead atoms. The van der Waals surface area contributed by atoms with Gasteiger partial charge in [0.15, 0.2) is 0 Å². The highest BCUT2D eigenvalue weighted by Gasteiger charge is 2.43. The molecule has 0 aromatic heterocycles. The van der Waals surface area contributed by atoms with Gasteiger partial charge in [-0.15, -0.1) is 12.4 Å². The summed E-state index contributed by atoms with van der Waals surface area (Å²) in [7, 11) is 1.87. The quantitative estimate of drug-likeness (QED) is 0.651. The fraction of sp³-hybridized carbons (Fsp3) is 0.500. The highest BCUT2D eigenvalue weighted by Crippen LogP contribution is 2.53. The zero-order valence-electron chi connectivity index (χ0n) is 16.4. The number of fused-ring (bicyclic) bond motifs is 3. The van der Waals surface area contributed by atoms with Gasteiger partial charge >= 0.3 is 0 Å². The van der Waals surface area contributed by atoms with Crippen LogP contribution in [-0.4, -0.2) is 30.8 Å². The van der Waals surface area contributed by atoms with Gasteiger partial charge in [0.05, 0.1) is 0 Å². The summed E-state index contributed by atoms with van der Waals surface area (Å²) in [5.74, 6) is 1.57. The number of rotatable bonds is 4. The molecule has 2 aromatic carbocycles. The molecule has 2 nitrogen and oxygen atoms in total. The average Bonchev–Trinajstić information content (AvgIpc) is 3.37. The van der Waals surface area contributed by atoms with Crippen LogP contribution in [0.3, 0.4) is 0 Å². The van der Waals surface area contributed by atoms with Crippen molar-refractivity contribution in [2.75, 3.05) is 20.2 Å². The van der Waals surface area contributed by atoms with Gasteiger partial charge in [0.25, 0.3) is 0 Å². The fourth-order valence-electron chi connectivity index (χ4n) is 5.71. The predicted octanol–water partition coefficient (Wildman–Crippen LogP) is 5.90. The Morgan fingerprint density at radius 1 is 1.07 bits per heavy atom. The van der Waals surface area contributed by atoms with Crippen LogP contribution in [0.1, 0.15) is 44.6 Å². The van der Waals surface area contributed by atoms with E-state index < -0.39 is 0 Å². The summed E-state index contributed by atoms with van der Waals surface area (Å²) in [5.41, 5.74) is 4.76. The molecule has 0 radical (unpaired) electrons. The number of hydrogen-bond acceptors (Lipinski definition) is 2. The SMILES string of the molecule is CO[C@@]1(C)CCCN1CC1=C(c2ccc3ccccc3c2)C2CCC1C2.Cl. The Labute approximate surface area is 169 Å². The number of ether oxygens (including phenoxy) is 1. The average molecular weight is 384 g/mol. The molecule has 2 fully saturated rings. The summed E-state index contributed by atoms with van der Waals surface area (Å²) in [6.45, 7) is 4.52. The number of methoxy groups -OCH3 is 1. The van der Waals surface area contributed by atoms with Crippen LogP contribution < -0.4 is 0 Å². The lowest BCUT2D eigenvalue weighted by molar-refractivity contribution is -0.0938. The van der Waals surface area contributed by atoms with Gasteiger partial charge in [-0.2, -0.15) is 0 Å². The minimum atomic E-state index is -0.0800. The predicted molar refractivity (Wildman–Crippen MR) is 115 cm³/mol. The van der Waals surface area contributed by atoms with E-state index in [-0.39, 0.29) is 18.1 Å². The van der Waals surface area contributed by atoms with Crippen LogP contribution in [0.4, 0.5) is 0 Å². The highest BCUT2D eigenvalue weighted by atomic mass is 35.5. The second-order valence-corrected chi connectivity index (χ2v) is 8.61. The van der Waals surface area contributed by atoms with E-state index in [4.69, 9.17) is 4.74 Å². The summed E-state index contributed by atoms with van der Waals surface area (Å²) < 4.78 is 5.90. The fourth-order valence-corrected chi connectivity index (χ4v) is 5.71. The molecule has 27 heavy (non-hydrogen) atoms. The smallest absolute Gasteiger partial charge is 0.118 e. The lowest BCUT2D eigenvalue weighted by Gasteiger charge is -2.36. The Balaban J connectivity index is 0.00000180. The van der Waals surface area contributed by atoms with Gasteiger partial charge < -0.3 is 4.74 Å². The highest BCUT2D eigenvalue weighted by molar-refractivity contribution is 5.87. The zero-order chi connectivity index (χ0) is 17.7. The van der Waals surface area contributed by atoms with Crippen LogP contribution in [0.5, 0.6) is 0 Å². The summed E-state index contributed by atoms with van der Waals surface area (Å²) in [6.07, 6.45) is 6.52. The molecule has 0 spiro atoms. The summed E-state index contributed by atoms with van der Waals surface area (Å²) in [4.78, 5) is 2.59. The molecule has 2 unspecified atom stereocenters. The van der Waals surface area contributed by atoms with Gasteiger partial charge in [0, 0.05) is 20.2 Å². The normalized spacial score (nSPS) is 30.3. The van der Waals surface area contributed by atoms with Gasteiger partial charge in [-0.1, -0.05) is 36.4 Å². The van der Waals surface area contributed by atoms with E-state index in [0.29, 0.717) is 0 Å². The molecule has 5 rings (SSSR count). The number of likely N-dealkylation sites (tertiary alicyclic amines) is 1. The lowest BCUT2D eigenvalue weighted by atomic mass is 9.86. The van der Waals surface area contributed by atoms with E-state index in [1.807, 2.05) is 7.11 Å². The summed E-state index contributed by atoms with van der Waals surface area (Å²) >= 11 is 0. The Morgan fingerprint density at radius 3 is 2.67 bits per heavy atom. The van der Waals surface area contributed by atoms with Gasteiger partial charge in [-0.3, -0.25) is 4.90 Å². The van der Waals surface area contributed by atoms with Crippen molar-refractivity contribution in [2.24, 2.45) is 11.8 Å². The standard InChI is InChI=1S/C24H29NO.ClH/c1-24(26-2)12-5-13-25(24)16-22-19-9-11-21(15-19)23(22)20-10-8-17-6-3-4-7-18(17)14-20;/h3-4,6-8,10,14,19,21H,5,9,11-13,15-16H2,1-2H3;1H/t19?,21?,24-;/m0./s1. The van der Waals surface area contributed by atoms with Crippen molar-refractivity contribution in [1.29, 1.82) is 0 Å². The number of hydrogen-bond donors (Lipinski definition) is 0. The van der Waals surface area contributed by atoms with Crippen molar-refractivity contribution >= 4 is 28.8 Å². The maximum atomic E-state index is 5.90. The number of nitrogens with zero attached hydrogens (tertiary/aromatic N) is 1. The Hall–Kier alpha value is -1.35. The monoisotopic (exact) mass is 383 g/mol. The maximum absolute atomic E-state index is 5.90. The van der Waals surface area contributed by atoms with Crippen molar-refractivity contribution in [2.45, 2.75) is 44.8 Å². The molecule has 0 N–H and O–H groups in total. The van der Waals surface area contributed by atoms with Crippen LogP contribution in [0.2, 0.25) is 0 Å². The molecule has 1 aliphatic heterocycles. The number of allylic oxidation sites excluding steroid dienone is 1. The molecule has 2 aliphatic carbocycles. The van der Waals surface area contributed by atoms with E-state index in [9.17, 15) is 0 Å². The largest absolute Gasteiger partial charge is 0.364 e. The molecular weight excluding hydrogens is 354 g/mol. The van der Waals surface area contributed by atoms with Crippen LogP contribution in [-0.2, 0) is 4.74 Å². The topological polar surface area (TPSA) is 12.5 Å². The minimum Gasteiger partial charge on any atom is -0.364 e. The second-order valence-electron chi connectivity index (χ2n) is 8.61. The lowest BCUT2D eigenvalue weighted by Crippen LogP contribution is -2.44. The molecule has 1 saturated heterocycles. The molecule has 1 heterocycles. The molecule has 3 aliphatic rings. The first-order chi connectivity index (χ1) is 12.7. The first kappa shape index (κ1) is 19.0. The minimum absolute atomic E-state index is 0. The van der Waals surface area contributed by atoms with Crippen molar-refractivity contribution in [1.82, 2.24) is 4.90 Å². The van der Waals surface area contributed by atoms with Crippen LogP contribution in [0.15, 0.2) is 48.0 Å². The third-order valence-electron chi connectivity index (χ3n) is 7.28. The van der Waals surface area contributed by atoms with Gasteiger partial charge in [-0.25, -0.2) is 0 Å². The summed E-state index contributed by atoms with van der Waals surface area (Å²) in [5, 5.41) is 2.70. The number of benzene rings is 2. The molecular formula is C24H30ClNO. The van der Waals surface area contributed by atoms with Crippen LogP contribution in [0, 0.1) is 11.8 Å². The van der Waals surface area contributed by atoms with Crippen molar-refractivity contribution in [3.63, 3.8) is 0 Å². The molecule has 144 valence electrons. The maximum Gasteiger partial charge on any atom is 0.118 e. The first-order valence-corrected chi connectivity index (χ1v) is 10.2. The van der Waals surface area contributed by atoms with Crippen molar-refractivity contribution in [3.05, 3.63) is 53.6 Å². The zero-order valence-corrected chi connectivity index (χ0v) is 17.2. The van der Waals surface area contributed by atoms with E-state index in [1.165, 1.54) is 42.0 Å². The second kappa shape index (κ2) is 7.24. The number of halogens is 1. The first-order valence-electron chi connectivity index (χ1n) is 10.2. The van der Waals surface area contributed by atoms with E-state index >= 15 is 0 Å². The molecule has 1 saturated carbocycles. The van der Waals surface area contributed by atoms with E-state index in [1.54, 1.807) is 11.1 Å². The van der Waals surface area contributed by atoms with E-state index in [2.05, 4.69) is 54.3 Å². The molecule has 3 heteroatoms. The van der Waals surface area contributed by atoms with Crippen molar-refractivity contribution < 1.29 is 4.74 Å². The Bertz CT molecular complexity index is 876. The van der Waals surface area contributed by atoms with Crippen LogP contribution >= 0.6 is 12.4 Å². The van der Waals surface area contributed by atoms with Crippen LogP contribution in [0.25, 0.3) is 16.3 Å². The van der Waals surface area contributed by atoms with Crippen molar-refractivity contribution in [3.8, 4) is 0 Å². The van der Waals surface area contributed by atoms with E-state index in [0.717, 1.165) is 31.3 Å². The molecule has 2 aromatic rings. The third-order valence-corrected chi connectivity index (χ3v) is 7.28. The molecule has 0 amide bonds. The van der Waals surface area contributed by atoms with Gasteiger partial charge in [-0.05, 0) is 84.4 Å². The Morgan fingerprint density at radius 2 is 1.85 bits per heavy atom. The van der Waals surface area contributed by atoms with Gasteiger partial charge in [0.2, 0.25) is 0 Å². The third kappa shape index (κ3) is 3.12. The van der Waals surface area contributed by atoms with Gasteiger partial charge in [0.1, 0.15) is 5.72 Å². The summed E-state index contributed by atoms with van der Waals surface area (Å²) in [6, 6.07) is 15.8. The Kier molecular flexibility index (Phi) is 5.09. The molecule has 3 atom stereocenters.